The van der Waals surface area contributed by atoms with Gasteiger partial charge in [-0.25, -0.2) is 0 Å². The van der Waals surface area contributed by atoms with Gasteiger partial charge in [-0.05, 0) is 12.1 Å². The molecule has 0 bridgehead atoms. The van der Waals surface area contributed by atoms with Crippen molar-refractivity contribution in [2.24, 2.45) is 5.73 Å². The molecular formula is C9H13N3O. The van der Waals surface area contributed by atoms with Crippen LogP contribution >= 0.6 is 0 Å². The quantitative estimate of drug-likeness (QED) is 0.679. The molecule has 1 aromatic heterocycles. The summed E-state index contributed by atoms with van der Waals surface area (Å²) in [5.74, 6) is -0.438. The predicted molar refractivity (Wildman–Crippen MR) is 50.1 cm³/mol. The molecule has 1 atom stereocenters. The number of pyridine rings is 1. The Morgan fingerprint density at radius 2 is 2.46 bits per heavy atom. The number of hydrogen-bond donors (Lipinski definition) is 2. The fourth-order valence-corrected chi connectivity index (χ4v) is 1.12. The molecule has 4 heteroatoms. The summed E-state index contributed by atoms with van der Waals surface area (Å²) in [5.41, 5.74) is 6.19. The average molecular weight is 179 g/mol. The molecule has 1 heterocycles. The summed E-state index contributed by atoms with van der Waals surface area (Å²) in [5, 5.41) is 2.56. The van der Waals surface area contributed by atoms with Crippen LogP contribution in [0.1, 0.15) is 11.6 Å². The highest BCUT2D eigenvalue weighted by Crippen LogP contribution is 2.10. The summed E-state index contributed by atoms with van der Waals surface area (Å²) >= 11 is 0. The monoisotopic (exact) mass is 179 g/mol. The second kappa shape index (κ2) is 4.57. The summed E-state index contributed by atoms with van der Waals surface area (Å²) in [6.45, 7) is 0.274. The number of carbonyl (C=O) groups excluding carboxylic acids is 1. The minimum Gasteiger partial charge on any atom is -0.359 e. The summed E-state index contributed by atoms with van der Waals surface area (Å²) in [7, 11) is 1.59. The van der Waals surface area contributed by atoms with E-state index in [2.05, 4.69) is 10.3 Å². The molecule has 1 amide bonds. The largest absolute Gasteiger partial charge is 0.359 e. The van der Waals surface area contributed by atoms with Crippen LogP contribution in [0.15, 0.2) is 24.4 Å². The van der Waals surface area contributed by atoms with Crippen LogP contribution in [0.5, 0.6) is 0 Å². The lowest BCUT2D eigenvalue weighted by Crippen LogP contribution is -2.31. The molecule has 0 aromatic carbocycles. The lowest BCUT2D eigenvalue weighted by atomic mass is 10.0. The highest BCUT2D eigenvalue weighted by Gasteiger charge is 2.17. The molecule has 0 fully saturated rings. The van der Waals surface area contributed by atoms with Gasteiger partial charge >= 0.3 is 0 Å². The SMILES string of the molecule is CNC(=O)[C@H](CN)c1ccccn1. The smallest absolute Gasteiger partial charge is 0.230 e. The van der Waals surface area contributed by atoms with Crippen molar-refractivity contribution in [1.29, 1.82) is 0 Å². The van der Waals surface area contributed by atoms with Gasteiger partial charge in [-0.3, -0.25) is 9.78 Å². The first-order valence-corrected chi connectivity index (χ1v) is 4.12. The Bertz CT molecular complexity index is 273. The number of amides is 1. The van der Waals surface area contributed by atoms with Gasteiger partial charge in [0.05, 0.1) is 11.6 Å². The number of likely N-dealkylation sites (N-methyl/N-ethyl adjacent to an activating group) is 1. The maximum Gasteiger partial charge on any atom is 0.230 e. The van der Waals surface area contributed by atoms with E-state index in [4.69, 9.17) is 5.73 Å². The van der Waals surface area contributed by atoms with Gasteiger partial charge in [-0.2, -0.15) is 0 Å². The topological polar surface area (TPSA) is 68.0 Å². The highest BCUT2D eigenvalue weighted by molar-refractivity contribution is 5.83. The molecule has 70 valence electrons. The molecule has 0 unspecified atom stereocenters. The van der Waals surface area contributed by atoms with E-state index in [-0.39, 0.29) is 18.4 Å². The van der Waals surface area contributed by atoms with E-state index in [1.165, 1.54) is 0 Å². The zero-order valence-corrected chi connectivity index (χ0v) is 7.53. The lowest BCUT2D eigenvalue weighted by molar-refractivity contribution is -0.121. The Morgan fingerprint density at radius 1 is 1.69 bits per heavy atom. The van der Waals surface area contributed by atoms with Crippen LogP contribution in [0.3, 0.4) is 0 Å². The number of nitrogens with two attached hydrogens (primary N) is 1. The van der Waals surface area contributed by atoms with Gasteiger partial charge < -0.3 is 11.1 Å². The van der Waals surface area contributed by atoms with Crippen LogP contribution in [0.2, 0.25) is 0 Å². The highest BCUT2D eigenvalue weighted by atomic mass is 16.1. The molecule has 0 spiro atoms. The van der Waals surface area contributed by atoms with Gasteiger partial charge in [0.15, 0.2) is 0 Å². The maximum absolute atomic E-state index is 11.3. The Hall–Kier alpha value is -1.42. The molecule has 1 rings (SSSR count). The van der Waals surface area contributed by atoms with Gasteiger partial charge in [0.2, 0.25) is 5.91 Å². The summed E-state index contributed by atoms with van der Waals surface area (Å²) in [6.07, 6.45) is 1.65. The molecule has 0 radical (unpaired) electrons. The third kappa shape index (κ3) is 2.26. The van der Waals surface area contributed by atoms with Crippen molar-refractivity contribution in [3.63, 3.8) is 0 Å². The Kier molecular flexibility index (Phi) is 3.40. The minimum atomic E-state index is -0.341. The number of aromatic nitrogens is 1. The molecule has 0 saturated heterocycles. The fraction of sp³-hybridized carbons (Fsp3) is 0.333. The molecule has 3 N–H and O–H groups in total. The lowest BCUT2D eigenvalue weighted by Gasteiger charge is -2.11. The summed E-state index contributed by atoms with van der Waals surface area (Å²) in [4.78, 5) is 15.4. The van der Waals surface area contributed by atoms with Crippen molar-refractivity contribution in [2.75, 3.05) is 13.6 Å². The first-order valence-electron chi connectivity index (χ1n) is 4.12. The molecule has 1 aromatic rings. The third-order valence-corrected chi connectivity index (χ3v) is 1.84. The predicted octanol–water partition coefficient (Wildman–Crippen LogP) is -0.130. The Balaban J connectivity index is 2.85. The van der Waals surface area contributed by atoms with E-state index in [9.17, 15) is 4.79 Å². The van der Waals surface area contributed by atoms with E-state index in [0.717, 1.165) is 0 Å². The zero-order valence-electron chi connectivity index (χ0n) is 7.53. The van der Waals surface area contributed by atoms with Crippen LogP contribution in [-0.4, -0.2) is 24.5 Å². The van der Waals surface area contributed by atoms with Gasteiger partial charge in [0.1, 0.15) is 0 Å². The number of nitrogens with zero attached hydrogens (tertiary/aromatic N) is 1. The van der Waals surface area contributed by atoms with Crippen LogP contribution in [0.25, 0.3) is 0 Å². The van der Waals surface area contributed by atoms with Crippen molar-refractivity contribution < 1.29 is 4.79 Å². The molecule has 0 aliphatic heterocycles. The number of rotatable bonds is 3. The van der Waals surface area contributed by atoms with Gasteiger partial charge in [-0.15, -0.1) is 0 Å². The Labute approximate surface area is 77.2 Å². The maximum atomic E-state index is 11.3. The van der Waals surface area contributed by atoms with E-state index >= 15 is 0 Å². The van der Waals surface area contributed by atoms with Crippen LogP contribution in [0, 0.1) is 0 Å². The van der Waals surface area contributed by atoms with Gasteiger partial charge in [0.25, 0.3) is 0 Å². The number of carbonyl (C=O) groups is 1. The third-order valence-electron chi connectivity index (χ3n) is 1.84. The molecule has 0 aliphatic carbocycles. The van der Waals surface area contributed by atoms with Crippen molar-refractivity contribution in [1.82, 2.24) is 10.3 Å². The molecule has 13 heavy (non-hydrogen) atoms. The van der Waals surface area contributed by atoms with Crippen molar-refractivity contribution >= 4 is 5.91 Å². The summed E-state index contributed by atoms with van der Waals surface area (Å²) < 4.78 is 0. The van der Waals surface area contributed by atoms with Crippen LogP contribution in [-0.2, 0) is 4.79 Å². The van der Waals surface area contributed by atoms with Crippen LogP contribution in [0.4, 0.5) is 0 Å². The average Bonchev–Trinajstić information content (AvgIpc) is 2.20. The van der Waals surface area contributed by atoms with Crippen molar-refractivity contribution in [3.05, 3.63) is 30.1 Å². The molecule has 0 saturated carbocycles. The zero-order chi connectivity index (χ0) is 9.68. The van der Waals surface area contributed by atoms with Crippen molar-refractivity contribution in [3.8, 4) is 0 Å². The van der Waals surface area contributed by atoms with Gasteiger partial charge in [0, 0.05) is 19.8 Å². The molecule has 0 aliphatic rings. The first-order chi connectivity index (χ1) is 6.29. The Morgan fingerprint density at radius 3 is 2.92 bits per heavy atom. The number of nitrogens with one attached hydrogen (secondary N) is 1. The minimum absolute atomic E-state index is 0.0961. The van der Waals surface area contributed by atoms with Crippen LogP contribution < -0.4 is 11.1 Å². The van der Waals surface area contributed by atoms with E-state index in [1.54, 1.807) is 25.4 Å². The summed E-state index contributed by atoms with van der Waals surface area (Å²) in [6, 6.07) is 5.45. The first kappa shape index (κ1) is 9.67. The molecule has 4 nitrogen and oxygen atoms in total. The second-order valence-corrected chi connectivity index (χ2v) is 2.66. The van der Waals surface area contributed by atoms with Gasteiger partial charge in [-0.1, -0.05) is 6.07 Å². The van der Waals surface area contributed by atoms with Crippen molar-refractivity contribution in [2.45, 2.75) is 5.92 Å². The standard InChI is InChI=1S/C9H13N3O/c1-11-9(13)7(6-10)8-4-2-3-5-12-8/h2-5,7H,6,10H2,1H3,(H,11,13)/t7-/m1/s1. The fourth-order valence-electron chi connectivity index (χ4n) is 1.12. The second-order valence-electron chi connectivity index (χ2n) is 2.66. The van der Waals surface area contributed by atoms with E-state index in [1.807, 2.05) is 6.07 Å². The van der Waals surface area contributed by atoms with E-state index < -0.39 is 0 Å². The molecular weight excluding hydrogens is 166 g/mol. The number of hydrogen-bond acceptors (Lipinski definition) is 3. The van der Waals surface area contributed by atoms with E-state index in [0.29, 0.717) is 5.69 Å². The normalized spacial score (nSPS) is 12.2.